The maximum absolute atomic E-state index is 12.5. The smallest absolute Gasteiger partial charge is 0.382 e. The van der Waals surface area contributed by atoms with E-state index in [9.17, 15) is 13.2 Å². The Morgan fingerprint density at radius 1 is 0.950 bits per heavy atom. The topological polar surface area (TPSA) is 54.7 Å². The highest BCUT2D eigenvalue weighted by atomic mass is 19.4. The first-order chi connectivity index (χ1) is 9.45. The fourth-order valence-corrected chi connectivity index (χ4v) is 2.07. The summed E-state index contributed by atoms with van der Waals surface area (Å²) in [5, 5.41) is 7.45. The number of benzene rings is 2. The van der Waals surface area contributed by atoms with Gasteiger partial charge in [-0.3, -0.25) is 5.10 Å². The summed E-state index contributed by atoms with van der Waals surface area (Å²) < 4.78 is 37.5. The lowest BCUT2D eigenvalue weighted by Gasteiger charge is -2.07. The highest BCUT2D eigenvalue weighted by molar-refractivity contribution is 5.91. The fraction of sp³-hybridized carbons (Fsp3) is 0.0714. The van der Waals surface area contributed by atoms with Gasteiger partial charge >= 0.3 is 6.18 Å². The first kappa shape index (κ1) is 12.5. The lowest BCUT2D eigenvalue weighted by Crippen LogP contribution is -2.03. The van der Waals surface area contributed by atoms with Crippen LogP contribution in [0.3, 0.4) is 0 Å². The SMILES string of the molecule is Nc1n[nH]c2cc(-c3ccc(C(F)(F)F)cc3)ccc12. The molecule has 3 N–H and O–H groups in total. The highest BCUT2D eigenvalue weighted by Crippen LogP contribution is 2.31. The Morgan fingerprint density at radius 2 is 1.60 bits per heavy atom. The Morgan fingerprint density at radius 3 is 2.25 bits per heavy atom. The van der Waals surface area contributed by atoms with Crippen molar-refractivity contribution < 1.29 is 13.2 Å². The molecule has 102 valence electrons. The predicted octanol–water partition coefficient (Wildman–Crippen LogP) is 3.83. The number of nitrogens with zero attached hydrogens (tertiary/aromatic N) is 1. The van der Waals surface area contributed by atoms with Gasteiger partial charge in [0.1, 0.15) is 0 Å². The molecular formula is C14H10F3N3. The Hall–Kier alpha value is -2.50. The van der Waals surface area contributed by atoms with E-state index in [1.165, 1.54) is 12.1 Å². The van der Waals surface area contributed by atoms with Crippen LogP contribution < -0.4 is 5.73 Å². The van der Waals surface area contributed by atoms with E-state index in [4.69, 9.17) is 5.73 Å². The van der Waals surface area contributed by atoms with Crippen molar-refractivity contribution in [1.29, 1.82) is 0 Å². The average molecular weight is 277 g/mol. The van der Waals surface area contributed by atoms with Crippen molar-refractivity contribution >= 4 is 16.7 Å². The minimum absolute atomic E-state index is 0.402. The number of nitrogens with one attached hydrogen (secondary N) is 1. The van der Waals surface area contributed by atoms with Gasteiger partial charge in [-0.05, 0) is 35.4 Å². The van der Waals surface area contributed by atoms with Gasteiger partial charge in [-0.1, -0.05) is 18.2 Å². The molecule has 0 bridgehead atoms. The maximum Gasteiger partial charge on any atom is 0.416 e. The van der Waals surface area contributed by atoms with E-state index in [1.54, 1.807) is 18.2 Å². The van der Waals surface area contributed by atoms with E-state index in [-0.39, 0.29) is 0 Å². The van der Waals surface area contributed by atoms with Gasteiger partial charge in [0.05, 0.1) is 11.1 Å². The average Bonchev–Trinajstić information content (AvgIpc) is 2.79. The van der Waals surface area contributed by atoms with Gasteiger partial charge < -0.3 is 5.73 Å². The van der Waals surface area contributed by atoms with E-state index in [1.807, 2.05) is 0 Å². The van der Waals surface area contributed by atoms with Crippen LogP contribution in [0.5, 0.6) is 0 Å². The Labute approximate surface area is 112 Å². The minimum atomic E-state index is -4.32. The zero-order valence-corrected chi connectivity index (χ0v) is 10.2. The van der Waals surface area contributed by atoms with E-state index in [0.29, 0.717) is 11.4 Å². The second kappa shape index (κ2) is 4.26. The van der Waals surface area contributed by atoms with Gasteiger partial charge in [0.2, 0.25) is 0 Å². The fourth-order valence-electron chi connectivity index (χ4n) is 2.07. The van der Waals surface area contributed by atoms with Crippen molar-refractivity contribution in [2.75, 3.05) is 5.73 Å². The summed E-state index contributed by atoms with van der Waals surface area (Å²) in [5.74, 6) is 0.402. The molecule has 3 rings (SSSR count). The normalized spacial score (nSPS) is 11.9. The minimum Gasteiger partial charge on any atom is -0.382 e. The van der Waals surface area contributed by atoms with Crippen molar-refractivity contribution in [1.82, 2.24) is 10.2 Å². The quantitative estimate of drug-likeness (QED) is 0.710. The number of halogens is 3. The molecule has 0 unspecified atom stereocenters. The third kappa shape index (κ3) is 2.09. The predicted molar refractivity (Wildman–Crippen MR) is 70.9 cm³/mol. The van der Waals surface area contributed by atoms with Gasteiger partial charge in [0.25, 0.3) is 0 Å². The molecule has 20 heavy (non-hydrogen) atoms. The number of anilines is 1. The first-order valence-corrected chi connectivity index (χ1v) is 5.86. The summed E-state index contributed by atoms with van der Waals surface area (Å²) in [5.41, 5.74) is 7.26. The Bertz CT molecular complexity index is 757. The molecular weight excluding hydrogens is 267 g/mol. The van der Waals surface area contributed by atoms with Crippen molar-refractivity contribution in [2.45, 2.75) is 6.18 Å². The molecule has 1 aromatic heterocycles. The molecule has 0 radical (unpaired) electrons. The number of H-pyrrole nitrogens is 1. The van der Waals surface area contributed by atoms with Crippen LogP contribution >= 0.6 is 0 Å². The van der Waals surface area contributed by atoms with Crippen LogP contribution in [0.1, 0.15) is 5.56 Å². The van der Waals surface area contributed by atoms with Crippen molar-refractivity contribution in [3.05, 3.63) is 48.0 Å². The summed E-state index contributed by atoms with van der Waals surface area (Å²) in [4.78, 5) is 0. The molecule has 0 aliphatic carbocycles. The van der Waals surface area contributed by atoms with Crippen LogP contribution in [0.15, 0.2) is 42.5 Å². The summed E-state index contributed by atoms with van der Waals surface area (Å²) in [7, 11) is 0. The van der Waals surface area contributed by atoms with Crippen molar-refractivity contribution in [3.63, 3.8) is 0 Å². The molecule has 0 amide bonds. The number of nitrogens with two attached hydrogens (primary N) is 1. The number of rotatable bonds is 1. The molecule has 6 heteroatoms. The van der Waals surface area contributed by atoms with Gasteiger partial charge in [-0.25, -0.2) is 0 Å². The van der Waals surface area contributed by atoms with Crippen molar-refractivity contribution in [3.8, 4) is 11.1 Å². The molecule has 0 fully saturated rings. The molecule has 0 aliphatic heterocycles. The highest BCUT2D eigenvalue weighted by Gasteiger charge is 2.29. The van der Waals surface area contributed by atoms with Gasteiger partial charge in [-0.2, -0.15) is 18.3 Å². The number of nitrogen functional groups attached to an aromatic ring is 1. The zero-order chi connectivity index (χ0) is 14.3. The van der Waals surface area contributed by atoms with E-state index in [2.05, 4.69) is 10.2 Å². The second-order valence-corrected chi connectivity index (χ2v) is 4.44. The Balaban J connectivity index is 2.02. The molecule has 0 saturated heterocycles. The van der Waals surface area contributed by atoms with E-state index in [0.717, 1.165) is 28.6 Å². The van der Waals surface area contributed by atoms with Gasteiger partial charge in [0.15, 0.2) is 5.82 Å². The van der Waals surface area contributed by atoms with Crippen LogP contribution in [-0.4, -0.2) is 10.2 Å². The summed E-state index contributed by atoms with van der Waals surface area (Å²) in [6.45, 7) is 0. The number of hydrogen-bond donors (Lipinski definition) is 2. The first-order valence-electron chi connectivity index (χ1n) is 5.86. The number of hydrogen-bond acceptors (Lipinski definition) is 2. The van der Waals surface area contributed by atoms with Crippen LogP contribution in [0.2, 0.25) is 0 Å². The molecule has 0 atom stereocenters. The molecule has 1 heterocycles. The second-order valence-electron chi connectivity index (χ2n) is 4.44. The molecule has 0 aliphatic rings. The van der Waals surface area contributed by atoms with Gasteiger partial charge in [-0.15, -0.1) is 0 Å². The van der Waals surface area contributed by atoms with Crippen molar-refractivity contribution in [2.24, 2.45) is 0 Å². The van der Waals surface area contributed by atoms with Crippen LogP contribution in [0, 0.1) is 0 Å². The monoisotopic (exact) mass is 277 g/mol. The molecule has 0 spiro atoms. The number of alkyl halides is 3. The van der Waals surface area contributed by atoms with E-state index < -0.39 is 11.7 Å². The molecule has 2 aromatic carbocycles. The zero-order valence-electron chi connectivity index (χ0n) is 10.2. The van der Waals surface area contributed by atoms with Crippen LogP contribution in [0.4, 0.5) is 19.0 Å². The molecule has 3 nitrogen and oxygen atoms in total. The largest absolute Gasteiger partial charge is 0.416 e. The maximum atomic E-state index is 12.5. The number of aromatic amines is 1. The lowest BCUT2D eigenvalue weighted by atomic mass is 10.0. The third-order valence-corrected chi connectivity index (χ3v) is 3.14. The lowest BCUT2D eigenvalue weighted by molar-refractivity contribution is -0.137. The van der Waals surface area contributed by atoms with Crippen LogP contribution in [-0.2, 0) is 6.18 Å². The van der Waals surface area contributed by atoms with Gasteiger partial charge in [0, 0.05) is 5.39 Å². The van der Waals surface area contributed by atoms with Crippen LogP contribution in [0.25, 0.3) is 22.0 Å². The summed E-state index contributed by atoms with van der Waals surface area (Å²) in [6.07, 6.45) is -4.32. The Kier molecular flexibility index (Phi) is 2.67. The number of aromatic nitrogens is 2. The summed E-state index contributed by atoms with van der Waals surface area (Å²) >= 11 is 0. The summed E-state index contributed by atoms with van der Waals surface area (Å²) in [6, 6.07) is 10.4. The molecule has 3 aromatic rings. The molecule has 0 saturated carbocycles. The standard InChI is InChI=1S/C14H10F3N3/c15-14(16,17)10-4-1-8(2-5-10)9-3-6-11-12(7-9)19-20-13(11)18/h1-7H,(H3,18,19,20). The third-order valence-electron chi connectivity index (χ3n) is 3.14. The number of fused-ring (bicyclic) bond motifs is 1. The van der Waals surface area contributed by atoms with E-state index >= 15 is 0 Å².